The molecule has 0 bridgehead atoms. The third kappa shape index (κ3) is 2.85. The molecule has 5 rings (SSSR count). The Bertz CT molecular complexity index is 978. The zero-order valence-electron chi connectivity index (χ0n) is 15.1. The first-order chi connectivity index (χ1) is 13.3. The fourth-order valence-corrected chi connectivity index (χ4v) is 4.42. The Balaban J connectivity index is 1.41. The molecule has 0 saturated carbocycles. The molecule has 1 aromatic carbocycles. The molecule has 0 radical (unpaired) electrons. The van der Waals surface area contributed by atoms with Gasteiger partial charge in [0.25, 0.3) is 0 Å². The number of anilines is 1. The van der Waals surface area contributed by atoms with E-state index in [1.165, 1.54) is 0 Å². The van der Waals surface area contributed by atoms with Crippen LogP contribution in [0.2, 0.25) is 0 Å². The molecule has 138 valence electrons. The Hall–Kier alpha value is -2.89. The van der Waals surface area contributed by atoms with Gasteiger partial charge < -0.3 is 14.6 Å². The highest BCUT2D eigenvalue weighted by atomic mass is 16.3. The number of aryl methyl sites for hydroxylation is 1. The van der Waals surface area contributed by atoms with E-state index in [9.17, 15) is 4.79 Å². The van der Waals surface area contributed by atoms with E-state index in [2.05, 4.69) is 20.2 Å². The van der Waals surface area contributed by atoms with Gasteiger partial charge in [0.2, 0.25) is 5.91 Å². The summed E-state index contributed by atoms with van der Waals surface area (Å²) >= 11 is 0. The Labute approximate surface area is 157 Å². The minimum absolute atomic E-state index is 0.0459. The van der Waals surface area contributed by atoms with Crippen molar-refractivity contribution >= 4 is 22.6 Å². The predicted molar refractivity (Wildman–Crippen MR) is 102 cm³/mol. The molecular formula is C21H22N4O2. The van der Waals surface area contributed by atoms with E-state index in [1.807, 2.05) is 30.3 Å². The van der Waals surface area contributed by atoms with Crippen LogP contribution in [0.15, 0.2) is 47.3 Å². The Kier molecular flexibility index (Phi) is 4.03. The number of hydrogen-bond donors (Lipinski definition) is 1. The summed E-state index contributed by atoms with van der Waals surface area (Å²) in [5.41, 5.74) is 2.04. The third-order valence-electron chi connectivity index (χ3n) is 5.72. The van der Waals surface area contributed by atoms with Crippen LogP contribution in [0.25, 0.3) is 10.9 Å². The number of furan rings is 1. The van der Waals surface area contributed by atoms with Crippen LogP contribution in [-0.4, -0.2) is 28.5 Å². The summed E-state index contributed by atoms with van der Waals surface area (Å²) in [5.74, 6) is 1.94. The Morgan fingerprint density at radius 3 is 3.04 bits per heavy atom. The Morgan fingerprint density at radius 1 is 1.15 bits per heavy atom. The van der Waals surface area contributed by atoms with Crippen LogP contribution < -0.4 is 10.2 Å². The molecule has 27 heavy (non-hydrogen) atoms. The van der Waals surface area contributed by atoms with Gasteiger partial charge in [0.15, 0.2) is 0 Å². The van der Waals surface area contributed by atoms with E-state index >= 15 is 0 Å². The van der Waals surface area contributed by atoms with Gasteiger partial charge in [0.05, 0.1) is 17.8 Å². The number of hydrogen-bond acceptors (Lipinski definition) is 5. The van der Waals surface area contributed by atoms with Crippen molar-refractivity contribution in [3.05, 3.63) is 54.2 Å². The molecular weight excluding hydrogens is 340 g/mol. The smallest absolute Gasteiger partial charge is 0.243 e. The third-order valence-corrected chi connectivity index (χ3v) is 5.72. The molecule has 1 N–H and O–H groups in total. The van der Waals surface area contributed by atoms with Gasteiger partial charge in [0, 0.05) is 23.9 Å². The maximum Gasteiger partial charge on any atom is 0.243 e. The number of fused-ring (bicyclic) bond motifs is 2. The zero-order chi connectivity index (χ0) is 18.2. The van der Waals surface area contributed by atoms with Crippen molar-refractivity contribution in [3.8, 4) is 0 Å². The van der Waals surface area contributed by atoms with Crippen molar-refractivity contribution in [2.75, 3.05) is 11.4 Å². The van der Waals surface area contributed by atoms with Crippen LogP contribution in [0.3, 0.4) is 0 Å². The lowest BCUT2D eigenvalue weighted by atomic mass is 9.93. The van der Waals surface area contributed by atoms with Crippen LogP contribution >= 0.6 is 0 Å². The molecule has 6 heteroatoms. The zero-order valence-corrected chi connectivity index (χ0v) is 15.1. The highest BCUT2D eigenvalue weighted by molar-refractivity contribution is 5.93. The van der Waals surface area contributed by atoms with Crippen molar-refractivity contribution in [3.63, 3.8) is 0 Å². The molecule has 1 saturated heterocycles. The fourth-order valence-electron chi connectivity index (χ4n) is 4.42. The maximum atomic E-state index is 13.1. The van der Waals surface area contributed by atoms with Gasteiger partial charge in [-0.15, -0.1) is 0 Å². The van der Waals surface area contributed by atoms with Crippen LogP contribution in [0.1, 0.15) is 43.0 Å². The quantitative estimate of drug-likeness (QED) is 0.773. The molecule has 3 aromatic rings. The fraction of sp³-hybridized carbons (Fsp3) is 0.381. The number of carbonyl (C=O) groups is 1. The molecule has 2 unspecified atom stereocenters. The SMILES string of the molecule is O=C(NC1CCCc2occc21)C1CCCN1c1ncnc2ccccc12. The standard InChI is InChI=1S/C21H22N4O2/c26-21(24-17-7-3-9-19-14(17)10-12-27-19)18-8-4-11-25(18)20-15-5-1-2-6-16(15)22-13-23-20/h1-2,5-6,10,12-13,17-18H,3-4,7-9,11H2,(H,24,26). The number of nitrogens with one attached hydrogen (secondary N) is 1. The molecule has 2 aromatic heterocycles. The second-order valence-electron chi connectivity index (χ2n) is 7.32. The van der Waals surface area contributed by atoms with Crippen molar-refractivity contribution in [1.29, 1.82) is 0 Å². The van der Waals surface area contributed by atoms with Crippen LogP contribution in [0.5, 0.6) is 0 Å². The monoisotopic (exact) mass is 362 g/mol. The summed E-state index contributed by atoms with van der Waals surface area (Å²) in [5, 5.41) is 4.26. The van der Waals surface area contributed by atoms with Gasteiger partial charge in [-0.05, 0) is 43.9 Å². The van der Waals surface area contributed by atoms with Gasteiger partial charge in [-0.25, -0.2) is 9.97 Å². The van der Waals surface area contributed by atoms with E-state index in [0.717, 1.165) is 66.7 Å². The van der Waals surface area contributed by atoms with E-state index in [1.54, 1.807) is 12.6 Å². The molecule has 2 atom stereocenters. The van der Waals surface area contributed by atoms with E-state index < -0.39 is 0 Å². The van der Waals surface area contributed by atoms with Gasteiger partial charge in [-0.2, -0.15) is 0 Å². The highest BCUT2D eigenvalue weighted by Gasteiger charge is 2.34. The summed E-state index contributed by atoms with van der Waals surface area (Å²) in [6, 6.07) is 9.81. The molecule has 3 heterocycles. The predicted octanol–water partition coefficient (Wildman–Crippen LogP) is 3.39. The number of carbonyl (C=O) groups excluding carboxylic acids is 1. The average Bonchev–Trinajstić information content (AvgIpc) is 3.37. The number of para-hydroxylation sites is 1. The van der Waals surface area contributed by atoms with Gasteiger partial charge in [0.1, 0.15) is 23.9 Å². The molecule has 1 fully saturated rings. The molecule has 6 nitrogen and oxygen atoms in total. The lowest BCUT2D eigenvalue weighted by Gasteiger charge is -2.29. The first kappa shape index (κ1) is 16.3. The molecule has 1 amide bonds. The summed E-state index contributed by atoms with van der Waals surface area (Å²) < 4.78 is 5.55. The normalized spacial score (nSPS) is 22.0. The summed E-state index contributed by atoms with van der Waals surface area (Å²) in [7, 11) is 0. The second-order valence-corrected chi connectivity index (χ2v) is 7.32. The first-order valence-electron chi connectivity index (χ1n) is 9.64. The highest BCUT2D eigenvalue weighted by Crippen LogP contribution is 2.33. The topological polar surface area (TPSA) is 71.3 Å². The lowest BCUT2D eigenvalue weighted by molar-refractivity contribution is -0.123. The summed E-state index contributed by atoms with van der Waals surface area (Å²) in [4.78, 5) is 24.1. The number of aromatic nitrogens is 2. The van der Waals surface area contributed by atoms with Gasteiger partial charge in [-0.1, -0.05) is 12.1 Å². The Morgan fingerprint density at radius 2 is 2.07 bits per heavy atom. The van der Waals surface area contributed by atoms with Gasteiger partial charge in [-0.3, -0.25) is 4.79 Å². The summed E-state index contributed by atoms with van der Waals surface area (Å²) in [6.07, 6.45) is 8.09. The average molecular weight is 362 g/mol. The maximum absolute atomic E-state index is 13.1. The summed E-state index contributed by atoms with van der Waals surface area (Å²) in [6.45, 7) is 0.834. The number of nitrogens with zero attached hydrogens (tertiary/aromatic N) is 3. The van der Waals surface area contributed by atoms with Crippen LogP contribution in [-0.2, 0) is 11.2 Å². The molecule has 1 aliphatic heterocycles. The second kappa shape index (κ2) is 6.68. The number of benzene rings is 1. The van der Waals surface area contributed by atoms with E-state index in [0.29, 0.717) is 0 Å². The molecule has 0 spiro atoms. The largest absolute Gasteiger partial charge is 0.469 e. The van der Waals surface area contributed by atoms with Crippen LogP contribution in [0, 0.1) is 0 Å². The van der Waals surface area contributed by atoms with Crippen molar-refractivity contribution in [2.45, 2.75) is 44.2 Å². The van der Waals surface area contributed by atoms with Gasteiger partial charge >= 0.3 is 0 Å². The van der Waals surface area contributed by atoms with Crippen LogP contribution in [0.4, 0.5) is 5.82 Å². The van der Waals surface area contributed by atoms with Crippen molar-refractivity contribution in [2.24, 2.45) is 0 Å². The van der Waals surface area contributed by atoms with Crippen molar-refractivity contribution in [1.82, 2.24) is 15.3 Å². The minimum atomic E-state index is -0.194. The van der Waals surface area contributed by atoms with E-state index in [-0.39, 0.29) is 18.0 Å². The van der Waals surface area contributed by atoms with Crippen molar-refractivity contribution < 1.29 is 9.21 Å². The number of rotatable bonds is 3. The lowest BCUT2D eigenvalue weighted by Crippen LogP contribution is -2.45. The number of amides is 1. The first-order valence-corrected chi connectivity index (χ1v) is 9.64. The molecule has 2 aliphatic rings. The molecule has 1 aliphatic carbocycles. The minimum Gasteiger partial charge on any atom is -0.469 e. The van der Waals surface area contributed by atoms with E-state index in [4.69, 9.17) is 4.42 Å².